The normalized spacial score (nSPS) is 10.1. The van der Waals surface area contributed by atoms with Crippen molar-refractivity contribution in [3.05, 3.63) is 42.6 Å². The van der Waals surface area contributed by atoms with Gasteiger partial charge in [0.2, 0.25) is 0 Å². The number of pyridine rings is 1. The molecule has 0 atom stereocenters. The van der Waals surface area contributed by atoms with Gasteiger partial charge in [-0.15, -0.1) is 0 Å². The van der Waals surface area contributed by atoms with Crippen molar-refractivity contribution in [1.29, 1.82) is 0 Å². The second kappa shape index (κ2) is 6.60. The van der Waals surface area contributed by atoms with Gasteiger partial charge < -0.3 is 10.2 Å². The Morgan fingerprint density at radius 3 is 2.60 bits per heavy atom. The fourth-order valence-electron chi connectivity index (χ4n) is 1.84. The van der Waals surface area contributed by atoms with Crippen LogP contribution in [-0.4, -0.2) is 33.9 Å². The van der Waals surface area contributed by atoms with Gasteiger partial charge in [-0.2, -0.15) is 0 Å². The summed E-state index contributed by atoms with van der Waals surface area (Å²) in [6.45, 7) is 5.16. The van der Waals surface area contributed by atoms with Crippen LogP contribution in [0.25, 0.3) is 0 Å². The van der Waals surface area contributed by atoms with Gasteiger partial charge in [0.25, 0.3) is 5.91 Å². The van der Waals surface area contributed by atoms with E-state index in [2.05, 4.69) is 20.3 Å². The summed E-state index contributed by atoms with van der Waals surface area (Å²) >= 11 is 0. The van der Waals surface area contributed by atoms with Crippen molar-refractivity contribution in [1.82, 2.24) is 15.0 Å². The van der Waals surface area contributed by atoms with E-state index in [-0.39, 0.29) is 5.91 Å². The Kier molecular flexibility index (Phi) is 4.60. The van der Waals surface area contributed by atoms with Gasteiger partial charge in [-0.25, -0.2) is 4.98 Å². The summed E-state index contributed by atoms with van der Waals surface area (Å²) in [7, 11) is 0. The van der Waals surface area contributed by atoms with Crippen molar-refractivity contribution in [3.8, 4) is 0 Å². The molecule has 0 spiro atoms. The van der Waals surface area contributed by atoms with Crippen LogP contribution < -0.4 is 10.2 Å². The van der Waals surface area contributed by atoms with Crippen LogP contribution in [0, 0.1) is 0 Å². The molecule has 0 radical (unpaired) electrons. The van der Waals surface area contributed by atoms with E-state index in [1.165, 1.54) is 6.20 Å². The molecule has 0 bridgehead atoms. The second-order valence-electron chi connectivity index (χ2n) is 4.07. The second-order valence-corrected chi connectivity index (χ2v) is 4.07. The summed E-state index contributed by atoms with van der Waals surface area (Å²) in [5.41, 5.74) is 1.12. The highest BCUT2D eigenvalue weighted by Gasteiger charge is 2.18. The van der Waals surface area contributed by atoms with Gasteiger partial charge in [-0.05, 0) is 26.0 Å². The zero-order valence-corrected chi connectivity index (χ0v) is 11.6. The maximum Gasteiger partial charge on any atom is 0.278 e. The molecule has 0 saturated heterocycles. The van der Waals surface area contributed by atoms with Crippen LogP contribution >= 0.6 is 0 Å². The monoisotopic (exact) mass is 271 g/mol. The molecule has 0 aliphatic carbocycles. The van der Waals surface area contributed by atoms with E-state index >= 15 is 0 Å². The van der Waals surface area contributed by atoms with Crippen molar-refractivity contribution in [2.75, 3.05) is 23.3 Å². The summed E-state index contributed by atoms with van der Waals surface area (Å²) in [5.74, 6) is 0.426. The molecular weight excluding hydrogens is 254 g/mol. The first-order valence-corrected chi connectivity index (χ1v) is 6.54. The molecular formula is C14H17N5O. The molecule has 0 unspecified atom stereocenters. The van der Waals surface area contributed by atoms with E-state index in [0.29, 0.717) is 18.1 Å². The molecule has 2 aromatic rings. The summed E-state index contributed by atoms with van der Waals surface area (Å²) < 4.78 is 0. The maximum atomic E-state index is 12.5. The fourth-order valence-corrected chi connectivity index (χ4v) is 1.84. The number of amides is 1. The third-order valence-electron chi connectivity index (χ3n) is 2.75. The average molecular weight is 271 g/mol. The minimum absolute atomic E-state index is 0.175. The van der Waals surface area contributed by atoms with Crippen molar-refractivity contribution >= 4 is 17.4 Å². The van der Waals surface area contributed by atoms with Crippen molar-refractivity contribution in [2.24, 2.45) is 0 Å². The Bertz CT molecular complexity index is 573. The molecule has 2 heterocycles. The molecule has 6 nitrogen and oxygen atoms in total. The summed E-state index contributed by atoms with van der Waals surface area (Å²) in [5, 5.41) is 3.05. The van der Waals surface area contributed by atoms with E-state index in [1.54, 1.807) is 35.6 Å². The number of carbonyl (C=O) groups is 1. The lowest BCUT2D eigenvalue weighted by Crippen LogP contribution is -2.31. The minimum Gasteiger partial charge on any atom is -0.369 e. The topological polar surface area (TPSA) is 71.0 Å². The average Bonchev–Trinajstić information content (AvgIpc) is 2.50. The summed E-state index contributed by atoms with van der Waals surface area (Å²) in [4.78, 5) is 26.4. The number of carbonyl (C=O) groups excluding carboxylic acids is 1. The number of anilines is 2. The Morgan fingerprint density at radius 2 is 1.95 bits per heavy atom. The predicted molar refractivity (Wildman–Crippen MR) is 77.8 cm³/mol. The van der Waals surface area contributed by atoms with Crippen LogP contribution in [0.15, 0.2) is 36.9 Å². The van der Waals surface area contributed by atoms with E-state index in [1.807, 2.05) is 13.8 Å². The minimum atomic E-state index is -0.175. The third kappa shape index (κ3) is 3.09. The molecule has 0 fully saturated rings. The molecule has 104 valence electrons. The third-order valence-corrected chi connectivity index (χ3v) is 2.75. The molecule has 1 amide bonds. The van der Waals surface area contributed by atoms with Crippen molar-refractivity contribution < 1.29 is 4.79 Å². The number of aromatic nitrogens is 3. The van der Waals surface area contributed by atoms with Crippen LogP contribution in [-0.2, 0) is 0 Å². The van der Waals surface area contributed by atoms with E-state index < -0.39 is 0 Å². The zero-order chi connectivity index (χ0) is 14.4. The largest absolute Gasteiger partial charge is 0.369 e. The first-order valence-electron chi connectivity index (χ1n) is 6.54. The van der Waals surface area contributed by atoms with Gasteiger partial charge in [0.15, 0.2) is 0 Å². The molecule has 0 saturated carbocycles. The van der Waals surface area contributed by atoms with Gasteiger partial charge in [0.05, 0.1) is 12.4 Å². The van der Waals surface area contributed by atoms with Gasteiger partial charge in [-0.3, -0.25) is 14.8 Å². The maximum absolute atomic E-state index is 12.5. The molecule has 2 aromatic heterocycles. The lowest BCUT2D eigenvalue weighted by Gasteiger charge is -2.20. The van der Waals surface area contributed by atoms with Gasteiger partial charge >= 0.3 is 0 Å². The number of rotatable bonds is 5. The first-order chi connectivity index (χ1) is 9.76. The lowest BCUT2D eigenvalue weighted by molar-refractivity contribution is 0.0983. The van der Waals surface area contributed by atoms with E-state index in [4.69, 9.17) is 0 Å². The first kappa shape index (κ1) is 13.9. The zero-order valence-electron chi connectivity index (χ0n) is 11.6. The number of nitrogens with one attached hydrogen (secondary N) is 1. The fraction of sp³-hybridized carbons (Fsp3) is 0.286. The van der Waals surface area contributed by atoms with E-state index in [0.717, 1.165) is 12.2 Å². The number of hydrogen-bond donors (Lipinski definition) is 1. The quantitative estimate of drug-likeness (QED) is 0.900. The highest BCUT2D eigenvalue weighted by Crippen LogP contribution is 2.15. The molecule has 20 heavy (non-hydrogen) atoms. The summed E-state index contributed by atoms with van der Waals surface area (Å²) in [6, 6.07) is 3.59. The van der Waals surface area contributed by atoms with Gasteiger partial charge in [0.1, 0.15) is 11.5 Å². The van der Waals surface area contributed by atoms with E-state index in [9.17, 15) is 4.79 Å². The van der Waals surface area contributed by atoms with Crippen LogP contribution in [0.2, 0.25) is 0 Å². The summed E-state index contributed by atoms with van der Waals surface area (Å²) in [6.07, 6.45) is 6.40. The molecule has 2 rings (SSSR count). The van der Waals surface area contributed by atoms with Crippen LogP contribution in [0.1, 0.15) is 24.3 Å². The van der Waals surface area contributed by atoms with Crippen LogP contribution in [0.5, 0.6) is 0 Å². The Labute approximate surface area is 117 Å². The van der Waals surface area contributed by atoms with Crippen LogP contribution in [0.4, 0.5) is 11.5 Å². The molecule has 1 N–H and O–H groups in total. The van der Waals surface area contributed by atoms with Gasteiger partial charge in [0, 0.05) is 31.2 Å². The van der Waals surface area contributed by atoms with Crippen molar-refractivity contribution in [2.45, 2.75) is 13.8 Å². The SMILES string of the molecule is CCNc1cncc(C(=O)N(CC)c2ccncc2)n1. The standard InChI is InChI=1S/C14H17N5O/c1-3-17-13-10-16-9-12(18-13)14(20)19(4-2)11-5-7-15-8-6-11/h5-10H,3-4H2,1-2H3,(H,17,18). The van der Waals surface area contributed by atoms with Gasteiger partial charge in [-0.1, -0.05) is 0 Å². The molecule has 0 aliphatic heterocycles. The highest BCUT2D eigenvalue weighted by molar-refractivity contribution is 6.04. The Hall–Kier alpha value is -2.50. The van der Waals surface area contributed by atoms with Crippen molar-refractivity contribution in [3.63, 3.8) is 0 Å². The molecule has 6 heteroatoms. The predicted octanol–water partition coefficient (Wildman–Crippen LogP) is 1.97. The number of hydrogen-bond acceptors (Lipinski definition) is 5. The smallest absolute Gasteiger partial charge is 0.278 e. The molecule has 0 aliphatic rings. The Balaban J connectivity index is 2.27. The Morgan fingerprint density at radius 1 is 1.20 bits per heavy atom. The lowest BCUT2D eigenvalue weighted by atomic mass is 10.3. The highest BCUT2D eigenvalue weighted by atomic mass is 16.2. The van der Waals surface area contributed by atoms with Crippen LogP contribution in [0.3, 0.4) is 0 Å². The number of nitrogens with zero attached hydrogens (tertiary/aromatic N) is 4. The molecule has 0 aromatic carbocycles.